The van der Waals surface area contributed by atoms with Crippen molar-refractivity contribution in [2.75, 3.05) is 11.9 Å². The van der Waals surface area contributed by atoms with Crippen molar-refractivity contribution in [3.8, 4) is 0 Å². The summed E-state index contributed by atoms with van der Waals surface area (Å²) in [5.41, 5.74) is 8.82. The standard InChI is InChI=1S/C17H29BrN2/c1-7-14(19)10-13-8-9-16(15(18)11-13)20(6)12(2)17(3,4)5/h8-9,11-12,14H,7,10,19H2,1-6H3. The van der Waals surface area contributed by atoms with Crippen molar-refractivity contribution in [1.29, 1.82) is 0 Å². The molecule has 114 valence electrons. The molecule has 2 atom stereocenters. The molecule has 0 heterocycles. The predicted molar refractivity (Wildman–Crippen MR) is 93.4 cm³/mol. The molecule has 1 rings (SSSR count). The third-order valence-electron chi connectivity index (χ3n) is 4.25. The molecule has 0 aliphatic rings. The van der Waals surface area contributed by atoms with E-state index in [9.17, 15) is 0 Å². The van der Waals surface area contributed by atoms with Crippen LogP contribution >= 0.6 is 15.9 Å². The second kappa shape index (κ2) is 6.95. The van der Waals surface area contributed by atoms with Crippen LogP contribution in [0.15, 0.2) is 22.7 Å². The van der Waals surface area contributed by atoms with E-state index in [2.05, 4.69) is 80.7 Å². The Morgan fingerprint density at radius 3 is 2.35 bits per heavy atom. The maximum atomic E-state index is 6.03. The average Bonchev–Trinajstić information content (AvgIpc) is 2.36. The van der Waals surface area contributed by atoms with Gasteiger partial charge in [-0.15, -0.1) is 0 Å². The topological polar surface area (TPSA) is 29.3 Å². The smallest absolute Gasteiger partial charge is 0.0510 e. The van der Waals surface area contributed by atoms with Crippen LogP contribution < -0.4 is 10.6 Å². The summed E-state index contributed by atoms with van der Waals surface area (Å²) < 4.78 is 1.15. The summed E-state index contributed by atoms with van der Waals surface area (Å²) in [7, 11) is 2.16. The normalized spacial score (nSPS) is 15.0. The Bertz CT molecular complexity index is 437. The van der Waals surface area contributed by atoms with E-state index in [-0.39, 0.29) is 11.5 Å². The highest BCUT2D eigenvalue weighted by atomic mass is 79.9. The molecule has 20 heavy (non-hydrogen) atoms. The molecule has 1 aromatic rings. The minimum absolute atomic E-state index is 0.247. The molecule has 0 amide bonds. The highest BCUT2D eigenvalue weighted by molar-refractivity contribution is 9.10. The maximum absolute atomic E-state index is 6.03. The average molecular weight is 341 g/mol. The number of benzene rings is 1. The van der Waals surface area contributed by atoms with Crippen LogP contribution in [0.5, 0.6) is 0 Å². The zero-order valence-corrected chi connectivity index (χ0v) is 15.3. The molecular weight excluding hydrogens is 312 g/mol. The van der Waals surface area contributed by atoms with Gasteiger partial charge in [0.25, 0.3) is 0 Å². The Labute approximate surface area is 132 Å². The molecule has 0 aliphatic carbocycles. The predicted octanol–water partition coefficient (Wildman–Crippen LogP) is 4.60. The van der Waals surface area contributed by atoms with Crippen molar-refractivity contribution in [2.24, 2.45) is 11.1 Å². The van der Waals surface area contributed by atoms with E-state index in [4.69, 9.17) is 5.73 Å². The molecule has 2 unspecified atom stereocenters. The lowest BCUT2D eigenvalue weighted by atomic mass is 9.87. The zero-order chi connectivity index (χ0) is 15.5. The molecule has 0 aliphatic heterocycles. The van der Waals surface area contributed by atoms with Gasteiger partial charge in [0.1, 0.15) is 0 Å². The lowest BCUT2D eigenvalue weighted by molar-refractivity contribution is 0.329. The van der Waals surface area contributed by atoms with Crippen LogP contribution in [0.25, 0.3) is 0 Å². The molecule has 0 spiro atoms. The number of nitrogens with zero attached hydrogens (tertiary/aromatic N) is 1. The van der Waals surface area contributed by atoms with Crippen LogP contribution in [0.1, 0.15) is 46.6 Å². The van der Waals surface area contributed by atoms with E-state index in [1.165, 1.54) is 11.3 Å². The second-order valence-electron chi connectivity index (χ2n) is 6.81. The van der Waals surface area contributed by atoms with Crippen LogP contribution in [0.4, 0.5) is 5.69 Å². The van der Waals surface area contributed by atoms with Crippen molar-refractivity contribution in [1.82, 2.24) is 0 Å². The number of anilines is 1. The van der Waals surface area contributed by atoms with Crippen molar-refractivity contribution >= 4 is 21.6 Å². The van der Waals surface area contributed by atoms with Crippen molar-refractivity contribution in [3.05, 3.63) is 28.2 Å². The quantitative estimate of drug-likeness (QED) is 0.848. The molecule has 0 aromatic heterocycles. The minimum Gasteiger partial charge on any atom is -0.370 e. The summed E-state index contributed by atoms with van der Waals surface area (Å²) in [6.45, 7) is 11.2. The summed E-state index contributed by atoms with van der Waals surface area (Å²) >= 11 is 3.71. The van der Waals surface area contributed by atoms with Gasteiger partial charge in [0.05, 0.1) is 5.69 Å². The number of hydrogen-bond acceptors (Lipinski definition) is 2. The second-order valence-corrected chi connectivity index (χ2v) is 7.67. The van der Waals surface area contributed by atoms with Crippen molar-refractivity contribution in [3.63, 3.8) is 0 Å². The van der Waals surface area contributed by atoms with Gasteiger partial charge in [0.15, 0.2) is 0 Å². The first kappa shape index (κ1) is 17.5. The van der Waals surface area contributed by atoms with E-state index in [1.807, 2.05) is 0 Å². The molecule has 0 bridgehead atoms. The van der Waals surface area contributed by atoms with Gasteiger partial charge in [-0.3, -0.25) is 0 Å². The largest absolute Gasteiger partial charge is 0.370 e. The minimum atomic E-state index is 0.247. The molecule has 0 saturated carbocycles. The Morgan fingerprint density at radius 2 is 1.90 bits per heavy atom. The first-order valence-corrected chi connectivity index (χ1v) is 8.23. The first-order chi connectivity index (χ1) is 9.16. The summed E-state index contributed by atoms with van der Waals surface area (Å²) in [5.74, 6) is 0. The van der Waals surface area contributed by atoms with Crippen LogP contribution in [-0.2, 0) is 6.42 Å². The summed E-state index contributed by atoms with van der Waals surface area (Å²) in [6, 6.07) is 7.31. The van der Waals surface area contributed by atoms with Gasteiger partial charge < -0.3 is 10.6 Å². The van der Waals surface area contributed by atoms with Gasteiger partial charge in [0, 0.05) is 23.6 Å². The SMILES string of the molecule is CCC(N)Cc1ccc(N(C)C(C)C(C)(C)C)c(Br)c1. The molecular formula is C17H29BrN2. The highest BCUT2D eigenvalue weighted by Crippen LogP contribution is 2.32. The van der Waals surface area contributed by atoms with E-state index in [1.54, 1.807) is 0 Å². The Kier molecular flexibility index (Phi) is 6.08. The zero-order valence-electron chi connectivity index (χ0n) is 13.7. The number of nitrogens with two attached hydrogens (primary N) is 1. The summed E-state index contributed by atoms with van der Waals surface area (Å²) in [5, 5.41) is 0. The molecule has 3 heteroatoms. The fraction of sp³-hybridized carbons (Fsp3) is 0.647. The molecule has 0 fully saturated rings. The fourth-order valence-corrected chi connectivity index (χ4v) is 2.91. The molecule has 2 N–H and O–H groups in total. The summed E-state index contributed by atoms with van der Waals surface area (Å²) in [4.78, 5) is 2.34. The van der Waals surface area contributed by atoms with Crippen molar-refractivity contribution < 1.29 is 0 Å². The van der Waals surface area contributed by atoms with Crippen LogP contribution in [-0.4, -0.2) is 19.1 Å². The van der Waals surface area contributed by atoms with Gasteiger partial charge >= 0.3 is 0 Å². The third-order valence-corrected chi connectivity index (χ3v) is 4.88. The van der Waals surface area contributed by atoms with Gasteiger partial charge in [0.2, 0.25) is 0 Å². The van der Waals surface area contributed by atoms with E-state index < -0.39 is 0 Å². The lowest BCUT2D eigenvalue weighted by Crippen LogP contribution is -2.39. The van der Waals surface area contributed by atoms with E-state index in [0.29, 0.717) is 6.04 Å². The van der Waals surface area contributed by atoms with Crippen LogP contribution in [0.2, 0.25) is 0 Å². The van der Waals surface area contributed by atoms with E-state index >= 15 is 0 Å². The molecule has 2 nitrogen and oxygen atoms in total. The van der Waals surface area contributed by atoms with Gasteiger partial charge in [-0.2, -0.15) is 0 Å². The Hall–Kier alpha value is -0.540. The molecule has 0 saturated heterocycles. The number of halogens is 1. The maximum Gasteiger partial charge on any atom is 0.0510 e. The highest BCUT2D eigenvalue weighted by Gasteiger charge is 2.25. The monoisotopic (exact) mass is 340 g/mol. The fourth-order valence-electron chi connectivity index (χ4n) is 2.20. The first-order valence-electron chi connectivity index (χ1n) is 7.43. The van der Waals surface area contributed by atoms with E-state index in [0.717, 1.165) is 17.3 Å². The van der Waals surface area contributed by atoms with Crippen molar-refractivity contribution in [2.45, 2.75) is 59.5 Å². The van der Waals surface area contributed by atoms with Crippen LogP contribution in [0.3, 0.4) is 0 Å². The molecule has 0 radical (unpaired) electrons. The Morgan fingerprint density at radius 1 is 1.30 bits per heavy atom. The number of hydrogen-bond donors (Lipinski definition) is 1. The number of rotatable bonds is 5. The third kappa shape index (κ3) is 4.49. The van der Waals surface area contributed by atoms with Gasteiger partial charge in [-0.05, 0) is 58.8 Å². The van der Waals surface area contributed by atoms with Gasteiger partial charge in [-0.1, -0.05) is 33.8 Å². The Balaban J connectivity index is 2.93. The molecule has 1 aromatic carbocycles. The lowest BCUT2D eigenvalue weighted by Gasteiger charge is -2.37. The van der Waals surface area contributed by atoms with Crippen LogP contribution in [0, 0.1) is 5.41 Å². The summed E-state index contributed by atoms with van der Waals surface area (Å²) in [6.07, 6.45) is 1.95. The van der Waals surface area contributed by atoms with Gasteiger partial charge in [-0.25, -0.2) is 0 Å².